The van der Waals surface area contributed by atoms with Crippen molar-refractivity contribution in [2.75, 3.05) is 12.3 Å². The molecule has 1 saturated heterocycles. The molecule has 108 valence electrons. The zero-order valence-electron chi connectivity index (χ0n) is 11.9. The van der Waals surface area contributed by atoms with Crippen molar-refractivity contribution in [1.29, 1.82) is 0 Å². The number of nitrogens with zero attached hydrogens (tertiary/aromatic N) is 2. The van der Waals surface area contributed by atoms with E-state index < -0.39 is 0 Å². The molecule has 2 fully saturated rings. The molecule has 0 radical (unpaired) electrons. The summed E-state index contributed by atoms with van der Waals surface area (Å²) in [4.78, 5) is 18.9. The summed E-state index contributed by atoms with van der Waals surface area (Å²) in [6, 6.07) is 4.15. The molecule has 2 aliphatic rings. The molecule has 0 aromatic carbocycles. The molecular weight excluding hydrogens is 250 g/mol. The number of aromatic nitrogens is 1. The summed E-state index contributed by atoms with van der Waals surface area (Å²) in [5.74, 6) is 0.970. The summed E-state index contributed by atoms with van der Waals surface area (Å²) < 4.78 is 0. The van der Waals surface area contributed by atoms with Gasteiger partial charge in [-0.1, -0.05) is 12.8 Å². The van der Waals surface area contributed by atoms with Gasteiger partial charge in [0.05, 0.1) is 18.3 Å². The first-order chi connectivity index (χ1) is 9.74. The van der Waals surface area contributed by atoms with Crippen LogP contribution in [0, 0.1) is 5.92 Å². The van der Waals surface area contributed by atoms with E-state index in [1.165, 1.54) is 32.1 Å². The number of pyridine rings is 1. The molecule has 3 rings (SSSR count). The van der Waals surface area contributed by atoms with E-state index >= 15 is 0 Å². The first-order valence-corrected chi connectivity index (χ1v) is 7.74. The van der Waals surface area contributed by atoms with E-state index in [1.807, 2.05) is 12.1 Å². The summed E-state index contributed by atoms with van der Waals surface area (Å²) >= 11 is 0. The average Bonchev–Trinajstić information content (AvgIpc) is 3.11. The Balaban J connectivity index is 1.64. The molecular formula is C16H23N3O. The van der Waals surface area contributed by atoms with E-state index in [0.29, 0.717) is 18.2 Å². The van der Waals surface area contributed by atoms with Crippen LogP contribution in [0.1, 0.15) is 44.2 Å². The lowest BCUT2D eigenvalue weighted by Crippen LogP contribution is -2.40. The number of carbonyl (C=O) groups is 1. The largest absolute Gasteiger partial charge is 0.397 e. The van der Waals surface area contributed by atoms with Crippen LogP contribution < -0.4 is 5.73 Å². The lowest BCUT2D eigenvalue weighted by Gasteiger charge is -2.29. The predicted molar refractivity (Wildman–Crippen MR) is 79.0 cm³/mol. The maximum Gasteiger partial charge on any atom is 0.228 e. The molecule has 1 saturated carbocycles. The minimum Gasteiger partial charge on any atom is -0.397 e. The zero-order valence-corrected chi connectivity index (χ0v) is 11.9. The maximum atomic E-state index is 12.5. The normalized spacial score (nSPS) is 23.4. The van der Waals surface area contributed by atoms with Crippen molar-refractivity contribution in [3.05, 3.63) is 24.0 Å². The number of hydrogen-bond donors (Lipinski definition) is 1. The highest BCUT2D eigenvalue weighted by atomic mass is 16.2. The summed E-state index contributed by atoms with van der Waals surface area (Å²) in [7, 11) is 0. The van der Waals surface area contributed by atoms with Gasteiger partial charge in [-0.25, -0.2) is 0 Å². The molecule has 4 nitrogen and oxygen atoms in total. The van der Waals surface area contributed by atoms with Crippen LogP contribution in [0.25, 0.3) is 0 Å². The third-order valence-electron chi connectivity index (χ3n) is 4.74. The molecule has 1 aliphatic heterocycles. The SMILES string of the molecule is Nc1ccc(CC(=O)N2CCCC2C2CCCC2)nc1. The molecule has 0 spiro atoms. The van der Waals surface area contributed by atoms with Gasteiger partial charge in [-0.3, -0.25) is 9.78 Å². The second kappa shape index (κ2) is 5.81. The third kappa shape index (κ3) is 2.79. The topological polar surface area (TPSA) is 59.2 Å². The number of carbonyl (C=O) groups excluding carboxylic acids is 1. The van der Waals surface area contributed by atoms with Crippen molar-refractivity contribution >= 4 is 11.6 Å². The second-order valence-corrected chi connectivity index (χ2v) is 6.10. The summed E-state index contributed by atoms with van der Waals surface area (Å²) in [6.07, 6.45) is 9.65. The van der Waals surface area contributed by atoms with Crippen LogP contribution in [-0.4, -0.2) is 28.4 Å². The van der Waals surface area contributed by atoms with Gasteiger partial charge in [0, 0.05) is 18.3 Å². The fourth-order valence-corrected chi connectivity index (χ4v) is 3.73. The van der Waals surface area contributed by atoms with Gasteiger partial charge in [0.25, 0.3) is 0 Å². The van der Waals surface area contributed by atoms with Crippen molar-refractivity contribution in [3.63, 3.8) is 0 Å². The fourth-order valence-electron chi connectivity index (χ4n) is 3.73. The number of amides is 1. The molecule has 1 aliphatic carbocycles. The number of rotatable bonds is 3. The third-order valence-corrected chi connectivity index (χ3v) is 4.74. The number of anilines is 1. The van der Waals surface area contributed by atoms with Crippen LogP contribution in [-0.2, 0) is 11.2 Å². The molecule has 1 unspecified atom stereocenters. The van der Waals surface area contributed by atoms with E-state index in [4.69, 9.17) is 5.73 Å². The van der Waals surface area contributed by atoms with E-state index in [9.17, 15) is 4.79 Å². The Morgan fingerprint density at radius 2 is 2.05 bits per heavy atom. The Hall–Kier alpha value is -1.58. The van der Waals surface area contributed by atoms with Crippen molar-refractivity contribution in [2.24, 2.45) is 5.92 Å². The predicted octanol–water partition coefficient (Wildman–Crippen LogP) is 2.39. The lowest BCUT2D eigenvalue weighted by molar-refractivity contribution is -0.132. The van der Waals surface area contributed by atoms with Gasteiger partial charge in [-0.2, -0.15) is 0 Å². The van der Waals surface area contributed by atoms with Crippen molar-refractivity contribution in [2.45, 2.75) is 51.0 Å². The van der Waals surface area contributed by atoms with E-state index in [2.05, 4.69) is 9.88 Å². The lowest BCUT2D eigenvalue weighted by atomic mass is 9.96. The number of nitrogens with two attached hydrogens (primary N) is 1. The molecule has 1 aromatic rings. The summed E-state index contributed by atoms with van der Waals surface area (Å²) in [5, 5.41) is 0. The Bertz CT molecular complexity index is 465. The van der Waals surface area contributed by atoms with E-state index in [-0.39, 0.29) is 5.91 Å². The smallest absolute Gasteiger partial charge is 0.228 e. The minimum atomic E-state index is 0.233. The monoisotopic (exact) mass is 273 g/mol. The quantitative estimate of drug-likeness (QED) is 0.920. The van der Waals surface area contributed by atoms with Crippen LogP contribution in [0.2, 0.25) is 0 Å². The highest BCUT2D eigenvalue weighted by molar-refractivity contribution is 5.79. The van der Waals surface area contributed by atoms with Crippen LogP contribution in [0.4, 0.5) is 5.69 Å². The standard InChI is InChI=1S/C16H23N3O/c17-13-7-8-14(18-11-13)10-16(20)19-9-3-6-15(19)12-4-1-2-5-12/h7-8,11-12,15H,1-6,9-10,17H2. The molecule has 1 aromatic heterocycles. The molecule has 20 heavy (non-hydrogen) atoms. The Labute approximate surface area is 120 Å². The molecule has 0 bridgehead atoms. The van der Waals surface area contributed by atoms with Crippen LogP contribution >= 0.6 is 0 Å². The molecule has 2 N–H and O–H groups in total. The average molecular weight is 273 g/mol. The van der Waals surface area contributed by atoms with Crippen molar-refractivity contribution < 1.29 is 4.79 Å². The van der Waals surface area contributed by atoms with Gasteiger partial charge in [-0.05, 0) is 43.7 Å². The number of hydrogen-bond acceptors (Lipinski definition) is 3. The van der Waals surface area contributed by atoms with Gasteiger partial charge < -0.3 is 10.6 Å². The van der Waals surface area contributed by atoms with E-state index in [1.54, 1.807) is 6.20 Å². The Morgan fingerprint density at radius 1 is 1.25 bits per heavy atom. The maximum absolute atomic E-state index is 12.5. The van der Waals surface area contributed by atoms with E-state index in [0.717, 1.165) is 24.6 Å². The van der Waals surface area contributed by atoms with Crippen LogP contribution in [0.15, 0.2) is 18.3 Å². The van der Waals surface area contributed by atoms with Crippen molar-refractivity contribution in [1.82, 2.24) is 9.88 Å². The Kier molecular flexibility index (Phi) is 3.90. The highest BCUT2D eigenvalue weighted by Gasteiger charge is 2.35. The highest BCUT2D eigenvalue weighted by Crippen LogP contribution is 2.35. The zero-order chi connectivity index (χ0) is 13.9. The number of nitrogen functional groups attached to an aromatic ring is 1. The number of likely N-dealkylation sites (tertiary alicyclic amines) is 1. The first kappa shape index (κ1) is 13.4. The molecule has 1 atom stereocenters. The Morgan fingerprint density at radius 3 is 2.75 bits per heavy atom. The minimum absolute atomic E-state index is 0.233. The molecule has 1 amide bonds. The fraction of sp³-hybridized carbons (Fsp3) is 0.625. The van der Waals surface area contributed by atoms with Gasteiger partial charge in [0.2, 0.25) is 5.91 Å². The van der Waals surface area contributed by atoms with Gasteiger partial charge >= 0.3 is 0 Å². The summed E-state index contributed by atoms with van der Waals surface area (Å²) in [5.41, 5.74) is 7.09. The van der Waals surface area contributed by atoms with Crippen LogP contribution in [0.3, 0.4) is 0 Å². The van der Waals surface area contributed by atoms with Gasteiger partial charge in [0.15, 0.2) is 0 Å². The molecule has 4 heteroatoms. The first-order valence-electron chi connectivity index (χ1n) is 7.74. The molecule has 2 heterocycles. The van der Waals surface area contributed by atoms with Gasteiger partial charge in [0.1, 0.15) is 0 Å². The van der Waals surface area contributed by atoms with Crippen LogP contribution in [0.5, 0.6) is 0 Å². The van der Waals surface area contributed by atoms with Crippen molar-refractivity contribution in [3.8, 4) is 0 Å². The van der Waals surface area contributed by atoms with Gasteiger partial charge in [-0.15, -0.1) is 0 Å². The second-order valence-electron chi connectivity index (χ2n) is 6.10. The summed E-state index contributed by atoms with van der Waals surface area (Å²) in [6.45, 7) is 0.926.